The summed E-state index contributed by atoms with van der Waals surface area (Å²) in [4.78, 5) is 45.1. The molecule has 36 heavy (non-hydrogen) atoms. The lowest BCUT2D eigenvalue weighted by Gasteiger charge is -2.25. The third-order valence-corrected chi connectivity index (χ3v) is 7.49. The summed E-state index contributed by atoms with van der Waals surface area (Å²) < 4.78 is 13.3. The molecule has 10 heteroatoms. The van der Waals surface area contributed by atoms with Crippen LogP contribution < -0.4 is 24.9 Å². The van der Waals surface area contributed by atoms with Crippen molar-refractivity contribution in [1.82, 2.24) is 4.57 Å². The Kier molecular flexibility index (Phi) is 6.17. The summed E-state index contributed by atoms with van der Waals surface area (Å²) in [5.41, 5.74) is 2.58. The zero-order chi connectivity index (χ0) is 25.7. The van der Waals surface area contributed by atoms with E-state index >= 15 is 0 Å². The third kappa shape index (κ3) is 4.00. The minimum Gasteiger partial charge on any atom is -0.497 e. The largest absolute Gasteiger partial charge is 0.497 e. The number of rotatable bonds is 4. The van der Waals surface area contributed by atoms with Crippen LogP contribution in [0.25, 0.3) is 5.57 Å². The van der Waals surface area contributed by atoms with E-state index in [2.05, 4.69) is 26.2 Å². The SMILES string of the molecule is COc1ccc([C@H]2C(C(=O)OC(C)C)=C(C)N=c3s/c(=C4\C(=O)Nc5ccc(Br)cc54)c(=O)n32)cc1. The van der Waals surface area contributed by atoms with Gasteiger partial charge in [-0.05, 0) is 56.7 Å². The molecule has 0 aliphatic carbocycles. The molecule has 1 aromatic heterocycles. The Hall–Kier alpha value is -3.50. The van der Waals surface area contributed by atoms with E-state index in [1.54, 1.807) is 64.3 Å². The average molecular weight is 568 g/mol. The molecular weight excluding hydrogens is 546 g/mol. The van der Waals surface area contributed by atoms with Crippen molar-refractivity contribution in [2.45, 2.75) is 32.9 Å². The van der Waals surface area contributed by atoms with Crippen molar-refractivity contribution >= 4 is 50.4 Å². The monoisotopic (exact) mass is 567 g/mol. The van der Waals surface area contributed by atoms with Crippen LogP contribution in [0.3, 0.4) is 0 Å². The number of amides is 1. The van der Waals surface area contributed by atoms with Crippen molar-refractivity contribution in [1.29, 1.82) is 0 Å². The number of halogens is 1. The van der Waals surface area contributed by atoms with Crippen LogP contribution in [0.1, 0.15) is 37.9 Å². The summed E-state index contributed by atoms with van der Waals surface area (Å²) in [7, 11) is 1.57. The lowest BCUT2D eigenvalue weighted by molar-refractivity contribution is -0.143. The Bertz CT molecular complexity index is 1630. The number of nitrogens with zero attached hydrogens (tertiary/aromatic N) is 2. The van der Waals surface area contributed by atoms with Crippen LogP contribution in [0, 0.1) is 0 Å². The third-order valence-electron chi connectivity index (χ3n) is 5.94. The second-order valence-corrected chi connectivity index (χ2v) is 10.5. The van der Waals surface area contributed by atoms with E-state index in [0.29, 0.717) is 33.1 Å². The Morgan fingerprint density at radius 1 is 1.17 bits per heavy atom. The standard InChI is InChI=1S/C26H22BrN3O5S/c1-12(2)35-25(33)19-13(3)28-26-30(21(19)14-5-8-16(34-4)9-6-14)24(32)22(36-26)20-17-11-15(27)7-10-18(17)29-23(20)31/h5-12,21H,1-4H3,(H,29,31)/b22-20-/t21-/m0/s1. The lowest BCUT2D eigenvalue weighted by atomic mass is 9.95. The van der Waals surface area contributed by atoms with Crippen molar-refractivity contribution in [3.05, 3.63) is 89.0 Å². The summed E-state index contributed by atoms with van der Waals surface area (Å²) in [6.07, 6.45) is -0.349. The maximum absolute atomic E-state index is 13.9. The quantitative estimate of drug-likeness (QED) is 0.488. The second-order valence-electron chi connectivity index (χ2n) is 8.65. The second kappa shape index (κ2) is 9.18. The minimum absolute atomic E-state index is 0.257. The number of hydrogen-bond acceptors (Lipinski definition) is 7. The lowest BCUT2D eigenvalue weighted by Crippen LogP contribution is -2.40. The maximum atomic E-state index is 13.9. The summed E-state index contributed by atoms with van der Waals surface area (Å²) >= 11 is 4.57. The van der Waals surface area contributed by atoms with Gasteiger partial charge in [0.15, 0.2) is 4.80 Å². The molecule has 2 aliphatic rings. The molecule has 0 unspecified atom stereocenters. The van der Waals surface area contributed by atoms with E-state index < -0.39 is 17.6 Å². The number of aromatic nitrogens is 1. The number of fused-ring (bicyclic) bond motifs is 2. The van der Waals surface area contributed by atoms with Gasteiger partial charge < -0.3 is 14.8 Å². The Labute approximate surface area is 218 Å². The first-order valence-electron chi connectivity index (χ1n) is 11.2. The molecule has 0 radical (unpaired) electrons. The van der Waals surface area contributed by atoms with Gasteiger partial charge in [0, 0.05) is 15.7 Å². The predicted octanol–water partition coefficient (Wildman–Crippen LogP) is 3.28. The van der Waals surface area contributed by atoms with Gasteiger partial charge in [-0.1, -0.05) is 39.4 Å². The van der Waals surface area contributed by atoms with Crippen molar-refractivity contribution in [2.24, 2.45) is 4.99 Å². The van der Waals surface area contributed by atoms with Gasteiger partial charge >= 0.3 is 5.97 Å². The number of allylic oxidation sites excluding steroid dienone is 1. The van der Waals surface area contributed by atoms with E-state index in [1.165, 1.54) is 4.57 Å². The molecule has 0 fully saturated rings. The first-order valence-corrected chi connectivity index (χ1v) is 12.8. The van der Waals surface area contributed by atoms with E-state index in [0.717, 1.165) is 15.8 Å². The number of carbonyl (C=O) groups excluding carboxylic acids is 2. The number of hydrogen-bond donors (Lipinski definition) is 1. The molecule has 0 spiro atoms. The Morgan fingerprint density at radius 3 is 2.56 bits per heavy atom. The molecule has 184 valence electrons. The molecule has 1 atom stereocenters. The van der Waals surface area contributed by atoms with Crippen LogP contribution in [0.4, 0.5) is 5.69 Å². The fourth-order valence-electron chi connectivity index (χ4n) is 4.38. The highest BCUT2D eigenvalue weighted by atomic mass is 79.9. The zero-order valence-corrected chi connectivity index (χ0v) is 22.3. The minimum atomic E-state index is -0.779. The van der Waals surface area contributed by atoms with E-state index in [-0.39, 0.29) is 27.7 Å². The van der Waals surface area contributed by atoms with Gasteiger partial charge in [-0.25, -0.2) is 9.79 Å². The van der Waals surface area contributed by atoms with Gasteiger partial charge in [-0.3, -0.25) is 14.2 Å². The van der Waals surface area contributed by atoms with Crippen molar-refractivity contribution in [2.75, 3.05) is 12.4 Å². The number of carbonyl (C=O) groups is 2. The molecule has 3 aromatic rings. The Balaban J connectivity index is 1.80. The van der Waals surface area contributed by atoms with Gasteiger partial charge in [-0.2, -0.15) is 0 Å². The molecule has 2 aliphatic heterocycles. The number of benzene rings is 2. The summed E-state index contributed by atoms with van der Waals surface area (Å²) in [6.45, 7) is 5.26. The molecule has 3 heterocycles. The van der Waals surface area contributed by atoms with Crippen LogP contribution in [0.15, 0.2) is 68.0 Å². The molecule has 0 bridgehead atoms. The average Bonchev–Trinajstić information content (AvgIpc) is 3.32. The highest BCUT2D eigenvalue weighted by molar-refractivity contribution is 9.10. The highest BCUT2D eigenvalue weighted by Gasteiger charge is 2.35. The van der Waals surface area contributed by atoms with Gasteiger partial charge in [0.1, 0.15) is 10.3 Å². The normalized spacial score (nSPS) is 17.9. The number of anilines is 1. The first-order chi connectivity index (χ1) is 17.2. The number of methoxy groups -OCH3 is 1. The van der Waals surface area contributed by atoms with Crippen molar-refractivity contribution in [3.8, 4) is 5.75 Å². The van der Waals surface area contributed by atoms with Gasteiger partial charge in [0.2, 0.25) is 0 Å². The summed E-state index contributed by atoms with van der Waals surface area (Å²) in [5, 5.41) is 2.83. The molecule has 2 aromatic carbocycles. The number of nitrogens with one attached hydrogen (secondary N) is 1. The fraction of sp³-hybridized carbons (Fsp3) is 0.231. The predicted molar refractivity (Wildman–Crippen MR) is 140 cm³/mol. The van der Waals surface area contributed by atoms with Crippen LogP contribution in [0.5, 0.6) is 5.75 Å². The van der Waals surface area contributed by atoms with Gasteiger partial charge in [-0.15, -0.1) is 0 Å². The molecule has 0 saturated carbocycles. The highest BCUT2D eigenvalue weighted by Crippen LogP contribution is 2.34. The molecule has 5 rings (SSSR count). The van der Waals surface area contributed by atoms with E-state index in [9.17, 15) is 14.4 Å². The number of esters is 1. The molecule has 1 amide bonds. The van der Waals surface area contributed by atoms with Gasteiger partial charge in [0.25, 0.3) is 11.5 Å². The molecular formula is C26H22BrN3O5S. The van der Waals surface area contributed by atoms with Crippen LogP contribution in [0.2, 0.25) is 0 Å². The smallest absolute Gasteiger partial charge is 0.338 e. The number of thiazole rings is 1. The molecule has 8 nitrogen and oxygen atoms in total. The zero-order valence-electron chi connectivity index (χ0n) is 19.9. The topological polar surface area (TPSA) is 99.0 Å². The summed E-state index contributed by atoms with van der Waals surface area (Å²) in [6, 6.07) is 11.8. The maximum Gasteiger partial charge on any atom is 0.338 e. The van der Waals surface area contributed by atoms with Crippen molar-refractivity contribution in [3.63, 3.8) is 0 Å². The van der Waals surface area contributed by atoms with Crippen LogP contribution in [-0.2, 0) is 14.3 Å². The van der Waals surface area contributed by atoms with E-state index in [1.807, 2.05) is 6.07 Å². The van der Waals surface area contributed by atoms with Crippen LogP contribution >= 0.6 is 27.3 Å². The van der Waals surface area contributed by atoms with Gasteiger partial charge in [0.05, 0.1) is 36.1 Å². The summed E-state index contributed by atoms with van der Waals surface area (Å²) in [5.74, 6) is -0.257. The van der Waals surface area contributed by atoms with Crippen LogP contribution in [-0.4, -0.2) is 29.7 Å². The van der Waals surface area contributed by atoms with Crippen molar-refractivity contribution < 1.29 is 19.1 Å². The van der Waals surface area contributed by atoms with E-state index in [4.69, 9.17) is 9.47 Å². The molecule has 1 N–H and O–H groups in total. The first kappa shape index (κ1) is 24.2. The molecule has 0 saturated heterocycles. The Morgan fingerprint density at radius 2 is 1.89 bits per heavy atom. The fourth-order valence-corrected chi connectivity index (χ4v) is 5.88. The number of ether oxygens (including phenoxy) is 2.